The van der Waals surface area contributed by atoms with E-state index in [-0.39, 0.29) is 23.4 Å². The number of rotatable bonds is 0. The minimum atomic E-state index is 0. The minimum Gasteiger partial charge on any atom is -0.381 e. The van der Waals surface area contributed by atoms with Crippen LogP contribution < -0.4 is 0 Å². The summed E-state index contributed by atoms with van der Waals surface area (Å²) in [5, 5.41) is 1.20. The predicted octanol–water partition coefficient (Wildman–Crippen LogP) is 3.59. The van der Waals surface area contributed by atoms with Crippen LogP contribution in [-0.2, 0) is 4.74 Å². The van der Waals surface area contributed by atoms with Crippen molar-refractivity contribution in [2.24, 2.45) is 0 Å². The molecule has 0 amide bonds. The number of benzene rings is 1. The van der Waals surface area contributed by atoms with Gasteiger partial charge >= 0.3 is 0 Å². The monoisotopic (exact) mass is 283 g/mol. The average Bonchev–Trinajstić information content (AvgIpc) is 2.42. The lowest BCUT2D eigenvalue weighted by molar-refractivity contribution is 0.0968. The van der Waals surface area contributed by atoms with Crippen molar-refractivity contribution < 1.29 is 4.74 Å². The van der Waals surface area contributed by atoms with Gasteiger partial charge in [-0.2, -0.15) is 23.4 Å². The summed E-state index contributed by atoms with van der Waals surface area (Å²) in [4.78, 5) is 4.18. The molecule has 2 nitrogen and oxygen atoms in total. The van der Waals surface area contributed by atoms with Crippen LogP contribution in [0.1, 0.15) is 19.3 Å². The molecule has 0 aliphatic carbocycles. The maximum absolute atomic E-state index is 5.07. The molecule has 1 atom stereocenters. The van der Waals surface area contributed by atoms with Gasteiger partial charge in [-0.1, -0.05) is 24.3 Å². The third kappa shape index (κ3) is 5.81. The van der Waals surface area contributed by atoms with Crippen LogP contribution in [0, 0.1) is 0 Å². The van der Waals surface area contributed by atoms with E-state index in [0.717, 1.165) is 18.7 Å². The van der Waals surface area contributed by atoms with Gasteiger partial charge in [-0.25, -0.2) is 0 Å². The summed E-state index contributed by atoms with van der Waals surface area (Å²) in [6.07, 6.45) is 5.74. The molecule has 1 aromatic carbocycles. The molecule has 1 unspecified atom stereocenters. The topological polar surface area (TPSA) is 22.1 Å². The molecule has 0 spiro atoms. The maximum Gasteiger partial charge on any atom is 0.0701 e. The number of aromatic nitrogens is 1. The highest BCUT2D eigenvalue weighted by Crippen LogP contribution is 2.07. The Kier molecular flexibility index (Phi) is 9.95. The SMILES string of the molecule is C1CCOCC1.P.S.c1ccc2ncccc2c1. The highest BCUT2D eigenvalue weighted by molar-refractivity contribution is 7.59. The number of nitrogens with zero attached hydrogens (tertiary/aromatic N) is 1. The third-order valence-electron chi connectivity index (χ3n) is 2.59. The molecular formula is C14H22NOPS. The Balaban J connectivity index is 0.000000319. The number of pyridine rings is 1. The van der Waals surface area contributed by atoms with E-state index in [0.29, 0.717) is 0 Å². The highest BCUT2D eigenvalue weighted by atomic mass is 32.1. The Hall–Kier alpha value is -0.630. The molecule has 0 radical (unpaired) electrons. The van der Waals surface area contributed by atoms with Crippen LogP contribution in [0.25, 0.3) is 10.9 Å². The van der Waals surface area contributed by atoms with Crippen molar-refractivity contribution in [1.29, 1.82) is 0 Å². The summed E-state index contributed by atoms with van der Waals surface area (Å²) >= 11 is 0. The van der Waals surface area contributed by atoms with Gasteiger partial charge in [-0.05, 0) is 31.4 Å². The van der Waals surface area contributed by atoms with Crippen molar-refractivity contribution in [3.05, 3.63) is 42.6 Å². The molecule has 0 N–H and O–H groups in total. The first-order chi connectivity index (χ1) is 7.97. The van der Waals surface area contributed by atoms with E-state index in [2.05, 4.69) is 17.1 Å². The second-order valence-corrected chi connectivity index (χ2v) is 3.87. The predicted molar refractivity (Wildman–Crippen MR) is 87.9 cm³/mol. The van der Waals surface area contributed by atoms with Gasteiger partial charge in [0.25, 0.3) is 0 Å². The standard InChI is InChI=1S/C9H7N.C5H10O.H3P.H2S/c1-2-6-9-8(4-1)5-3-7-10-9;1-2-4-6-5-3-1;;/h1-7H;1-5H2;1H3;1H2. The van der Waals surface area contributed by atoms with Crippen molar-refractivity contribution >= 4 is 34.3 Å². The van der Waals surface area contributed by atoms with Crippen LogP contribution in [0.5, 0.6) is 0 Å². The van der Waals surface area contributed by atoms with Gasteiger partial charge in [0, 0.05) is 24.8 Å². The lowest BCUT2D eigenvalue weighted by Crippen LogP contribution is -2.03. The summed E-state index contributed by atoms with van der Waals surface area (Å²) in [5.41, 5.74) is 1.06. The molecule has 1 saturated heterocycles. The first kappa shape index (κ1) is 17.4. The number of hydrogen-bond donors (Lipinski definition) is 0. The van der Waals surface area contributed by atoms with Crippen molar-refractivity contribution in [2.45, 2.75) is 19.3 Å². The van der Waals surface area contributed by atoms with E-state index in [1.165, 1.54) is 24.6 Å². The fourth-order valence-electron chi connectivity index (χ4n) is 1.70. The quantitative estimate of drug-likeness (QED) is 0.689. The van der Waals surface area contributed by atoms with Crippen LogP contribution in [-0.4, -0.2) is 18.2 Å². The molecule has 4 heteroatoms. The Labute approximate surface area is 119 Å². The molecule has 1 aliphatic rings. The minimum absolute atomic E-state index is 0. The largest absolute Gasteiger partial charge is 0.381 e. The van der Waals surface area contributed by atoms with Gasteiger partial charge in [0.15, 0.2) is 0 Å². The molecule has 18 heavy (non-hydrogen) atoms. The molecular weight excluding hydrogens is 261 g/mol. The summed E-state index contributed by atoms with van der Waals surface area (Å²) in [7, 11) is 0. The van der Waals surface area contributed by atoms with E-state index in [4.69, 9.17) is 4.74 Å². The molecule has 1 fully saturated rings. The number of para-hydroxylation sites is 1. The van der Waals surface area contributed by atoms with Crippen LogP contribution in [0.15, 0.2) is 42.6 Å². The number of ether oxygens (including phenoxy) is 1. The van der Waals surface area contributed by atoms with Crippen LogP contribution in [0.2, 0.25) is 0 Å². The molecule has 2 heterocycles. The van der Waals surface area contributed by atoms with Gasteiger partial charge in [-0.15, -0.1) is 0 Å². The first-order valence-corrected chi connectivity index (χ1v) is 5.84. The zero-order valence-electron chi connectivity index (χ0n) is 10.6. The van der Waals surface area contributed by atoms with Gasteiger partial charge in [0.05, 0.1) is 5.52 Å². The normalized spacial score (nSPS) is 13.6. The van der Waals surface area contributed by atoms with Crippen molar-refractivity contribution in [3.63, 3.8) is 0 Å². The summed E-state index contributed by atoms with van der Waals surface area (Å²) in [6, 6.07) is 12.1. The van der Waals surface area contributed by atoms with E-state index < -0.39 is 0 Å². The van der Waals surface area contributed by atoms with Crippen LogP contribution in [0.3, 0.4) is 0 Å². The van der Waals surface area contributed by atoms with Gasteiger partial charge in [-0.3, -0.25) is 4.98 Å². The number of hydrogen-bond acceptors (Lipinski definition) is 2. The molecule has 0 bridgehead atoms. The fourth-order valence-corrected chi connectivity index (χ4v) is 1.70. The van der Waals surface area contributed by atoms with Crippen molar-refractivity contribution in [1.82, 2.24) is 4.98 Å². The molecule has 2 aromatic rings. The van der Waals surface area contributed by atoms with E-state index >= 15 is 0 Å². The van der Waals surface area contributed by atoms with Crippen molar-refractivity contribution in [2.75, 3.05) is 13.2 Å². The number of fused-ring (bicyclic) bond motifs is 1. The third-order valence-corrected chi connectivity index (χ3v) is 2.59. The van der Waals surface area contributed by atoms with Gasteiger partial charge in [0.2, 0.25) is 0 Å². The Morgan fingerprint density at radius 1 is 0.889 bits per heavy atom. The fraction of sp³-hybridized carbons (Fsp3) is 0.357. The van der Waals surface area contributed by atoms with Gasteiger partial charge in [0.1, 0.15) is 0 Å². The molecule has 1 aliphatic heterocycles. The van der Waals surface area contributed by atoms with E-state index in [1.807, 2.05) is 30.5 Å². The maximum atomic E-state index is 5.07. The summed E-state index contributed by atoms with van der Waals surface area (Å²) < 4.78 is 5.07. The molecule has 3 rings (SSSR count). The Morgan fingerprint density at radius 2 is 1.56 bits per heavy atom. The van der Waals surface area contributed by atoms with Gasteiger partial charge < -0.3 is 4.74 Å². The van der Waals surface area contributed by atoms with Crippen LogP contribution >= 0.6 is 23.4 Å². The zero-order chi connectivity index (χ0) is 11.1. The van der Waals surface area contributed by atoms with Crippen LogP contribution in [0.4, 0.5) is 0 Å². The highest BCUT2D eigenvalue weighted by Gasteiger charge is 1.95. The lowest BCUT2D eigenvalue weighted by atomic mass is 10.2. The first-order valence-electron chi connectivity index (χ1n) is 5.84. The lowest BCUT2D eigenvalue weighted by Gasteiger charge is -2.08. The summed E-state index contributed by atoms with van der Waals surface area (Å²) in [6.45, 7) is 2.00. The zero-order valence-corrected chi connectivity index (χ0v) is 13.1. The van der Waals surface area contributed by atoms with E-state index in [9.17, 15) is 0 Å². The Bertz CT molecular complexity index is 358. The second kappa shape index (κ2) is 10.3. The summed E-state index contributed by atoms with van der Waals surface area (Å²) in [5.74, 6) is 0. The second-order valence-electron chi connectivity index (χ2n) is 3.87. The molecule has 0 saturated carbocycles. The Morgan fingerprint density at radius 3 is 2.11 bits per heavy atom. The molecule has 1 aromatic heterocycles. The molecule has 100 valence electrons. The van der Waals surface area contributed by atoms with E-state index in [1.54, 1.807) is 0 Å². The smallest absolute Gasteiger partial charge is 0.0701 e. The van der Waals surface area contributed by atoms with Crippen molar-refractivity contribution in [3.8, 4) is 0 Å². The average molecular weight is 283 g/mol.